The average Bonchev–Trinajstić information content (AvgIpc) is 3.59. The summed E-state index contributed by atoms with van der Waals surface area (Å²) in [5, 5.41) is 14.9. The molecule has 3 aromatic rings. The van der Waals surface area contributed by atoms with Crippen LogP contribution in [0.25, 0.3) is 5.69 Å². The van der Waals surface area contributed by atoms with Gasteiger partial charge in [-0.2, -0.15) is 5.10 Å². The third kappa shape index (κ3) is 4.13. The summed E-state index contributed by atoms with van der Waals surface area (Å²) in [6.07, 6.45) is 4.57. The molecule has 1 aromatic carbocycles. The Morgan fingerprint density at radius 2 is 2.09 bits per heavy atom. The van der Waals surface area contributed by atoms with E-state index in [1.807, 2.05) is 41.1 Å². The first-order valence-electron chi connectivity index (χ1n) is 11.1. The van der Waals surface area contributed by atoms with Crippen molar-refractivity contribution in [1.82, 2.24) is 25.2 Å². The Labute approximate surface area is 186 Å². The summed E-state index contributed by atoms with van der Waals surface area (Å²) in [7, 11) is 1.70. The maximum Gasteiger partial charge on any atom is 0.320 e. The maximum absolute atomic E-state index is 13.1. The van der Waals surface area contributed by atoms with Gasteiger partial charge in [0.2, 0.25) is 0 Å². The summed E-state index contributed by atoms with van der Waals surface area (Å²) in [4.78, 5) is 15.4. The fourth-order valence-electron chi connectivity index (χ4n) is 4.73. The molecular formula is C23H28N6O3. The second-order valence-electron chi connectivity index (χ2n) is 8.35. The summed E-state index contributed by atoms with van der Waals surface area (Å²) in [6.45, 7) is 2.94. The van der Waals surface area contributed by atoms with Crippen LogP contribution in [0.1, 0.15) is 29.4 Å². The van der Waals surface area contributed by atoms with Crippen LogP contribution in [0.4, 0.5) is 10.6 Å². The Morgan fingerprint density at radius 1 is 1.22 bits per heavy atom. The normalized spacial score (nSPS) is 20.4. The predicted octanol–water partition coefficient (Wildman–Crippen LogP) is 2.58. The molecular weight excluding hydrogens is 408 g/mol. The Bertz CT molecular complexity index is 1050. The summed E-state index contributed by atoms with van der Waals surface area (Å²) in [5.74, 6) is 1.57. The zero-order valence-electron chi connectivity index (χ0n) is 18.2. The highest BCUT2D eigenvalue weighted by Gasteiger charge is 2.37. The van der Waals surface area contributed by atoms with E-state index < -0.39 is 0 Å². The van der Waals surface area contributed by atoms with Crippen molar-refractivity contribution >= 4 is 11.8 Å². The van der Waals surface area contributed by atoms with Crippen LogP contribution in [0.15, 0.2) is 47.1 Å². The third-order valence-corrected chi connectivity index (χ3v) is 6.29. The van der Waals surface area contributed by atoms with Gasteiger partial charge in [-0.25, -0.2) is 9.48 Å². The average molecular weight is 437 g/mol. The lowest BCUT2D eigenvalue weighted by Gasteiger charge is -2.19. The van der Waals surface area contributed by atoms with Crippen LogP contribution in [-0.4, -0.2) is 65.3 Å². The number of para-hydroxylation sites is 1. The molecule has 2 aliphatic rings. The number of anilines is 1. The van der Waals surface area contributed by atoms with E-state index in [1.54, 1.807) is 13.3 Å². The number of nitrogens with one attached hydrogen (secondary N) is 2. The minimum Gasteiger partial charge on any atom is -0.383 e. The van der Waals surface area contributed by atoms with E-state index in [0.717, 1.165) is 67.4 Å². The molecule has 2 amide bonds. The molecule has 2 aromatic heterocycles. The second-order valence-corrected chi connectivity index (χ2v) is 8.35. The first kappa shape index (κ1) is 20.7. The number of carbonyl (C=O) groups excluding carboxylic acids is 1. The molecule has 1 saturated heterocycles. The van der Waals surface area contributed by atoms with Gasteiger partial charge in [0.15, 0.2) is 0 Å². The molecule has 168 valence electrons. The van der Waals surface area contributed by atoms with Gasteiger partial charge < -0.3 is 14.6 Å². The number of amides is 2. The van der Waals surface area contributed by atoms with E-state index in [-0.39, 0.29) is 18.0 Å². The first-order valence-corrected chi connectivity index (χ1v) is 11.1. The van der Waals surface area contributed by atoms with Gasteiger partial charge >= 0.3 is 6.03 Å². The van der Waals surface area contributed by atoms with Gasteiger partial charge in [0.1, 0.15) is 11.6 Å². The van der Waals surface area contributed by atoms with Crippen LogP contribution in [0, 0.1) is 0 Å². The molecule has 0 radical (unpaired) electrons. The number of urea groups is 1. The van der Waals surface area contributed by atoms with Gasteiger partial charge in [0, 0.05) is 38.4 Å². The number of benzene rings is 1. The monoisotopic (exact) mass is 436 g/mol. The highest BCUT2D eigenvalue weighted by atomic mass is 16.5. The summed E-state index contributed by atoms with van der Waals surface area (Å²) in [5.41, 5.74) is 3.13. The molecule has 2 unspecified atom stereocenters. The molecule has 0 spiro atoms. The van der Waals surface area contributed by atoms with E-state index in [1.165, 1.54) is 0 Å². The molecule has 1 aliphatic heterocycles. The Morgan fingerprint density at radius 3 is 2.88 bits per heavy atom. The highest BCUT2D eigenvalue weighted by Crippen LogP contribution is 2.31. The molecule has 1 aliphatic carbocycles. The number of aryl methyl sites for hydroxylation is 1. The van der Waals surface area contributed by atoms with Crippen molar-refractivity contribution < 1.29 is 14.1 Å². The Kier molecular flexibility index (Phi) is 5.91. The molecule has 32 heavy (non-hydrogen) atoms. The van der Waals surface area contributed by atoms with Gasteiger partial charge in [-0.1, -0.05) is 23.4 Å². The number of nitrogens with zero attached hydrogens (tertiary/aromatic N) is 4. The van der Waals surface area contributed by atoms with Crippen molar-refractivity contribution in [2.24, 2.45) is 0 Å². The Balaban J connectivity index is 1.34. The second kappa shape index (κ2) is 9.13. The number of aromatic nitrogens is 3. The molecule has 2 N–H and O–H groups in total. The van der Waals surface area contributed by atoms with Gasteiger partial charge in [-0.05, 0) is 31.4 Å². The highest BCUT2D eigenvalue weighted by molar-refractivity contribution is 5.90. The minimum atomic E-state index is -0.236. The quantitative estimate of drug-likeness (QED) is 0.591. The number of carbonyl (C=O) groups is 1. The van der Waals surface area contributed by atoms with Crippen molar-refractivity contribution in [3.63, 3.8) is 0 Å². The van der Waals surface area contributed by atoms with E-state index >= 15 is 0 Å². The molecule has 0 saturated carbocycles. The van der Waals surface area contributed by atoms with Crippen LogP contribution in [-0.2, 0) is 17.6 Å². The number of methoxy groups -OCH3 is 1. The number of hydrogen-bond acceptors (Lipinski definition) is 6. The summed E-state index contributed by atoms with van der Waals surface area (Å²) >= 11 is 0. The van der Waals surface area contributed by atoms with Gasteiger partial charge in [0.25, 0.3) is 0 Å². The van der Waals surface area contributed by atoms with Crippen LogP contribution in [0.5, 0.6) is 0 Å². The fourth-order valence-corrected chi connectivity index (χ4v) is 4.73. The zero-order chi connectivity index (χ0) is 21.9. The number of ether oxygens (including phenoxy) is 1. The van der Waals surface area contributed by atoms with E-state index in [4.69, 9.17) is 14.4 Å². The Hall–Kier alpha value is -3.17. The van der Waals surface area contributed by atoms with Crippen molar-refractivity contribution in [3.05, 3.63) is 59.6 Å². The van der Waals surface area contributed by atoms with E-state index in [0.29, 0.717) is 6.61 Å². The van der Waals surface area contributed by atoms with Crippen LogP contribution in [0.2, 0.25) is 0 Å². The summed E-state index contributed by atoms with van der Waals surface area (Å²) in [6, 6.07) is 11.4. The number of fused-ring (bicyclic) bond motifs is 1. The molecule has 9 heteroatoms. The smallest absolute Gasteiger partial charge is 0.320 e. The molecule has 2 atom stereocenters. The topological polar surface area (TPSA) is 97.5 Å². The number of hydrogen-bond donors (Lipinski definition) is 2. The predicted molar refractivity (Wildman–Crippen MR) is 119 cm³/mol. The summed E-state index contributed by atoms with van der Waals surface area (Å²) < 4.78 is 12.5. The molecule has 1 fully saturated rings. The van der Waals surface area contributed by atoms with Gasteiger partial charge in [0.05, 0.1) is 36.1 Å². The number of likely N-dealkylation sites (tertiary alicyclic amines) is 1. The maximum atomic E-state index is 13.1. The van der Waals surface area contributed by atoms with Gasteiger partial charge in [-0.3, -0.25) is 10.2 Å². The zero-order valence-corrected chi connectivity index (χ0v) is 18.2. The van der Waals surface area contributed by atoms with Crippen molar-refractivity contribution in [3.8, 4) is 5.69 Å². The first-order chi connectivity index (χ1) is 15.7. The molecule has 0 bridgehead atoms. The minimum absolute atomic E-state index is 0.0323. The lowest BCUT2D eigenvalue weighted by atomic mass is 10.0. The van der Waals surface area contributed by atoms with Gasteiger partial charge in [-0.15, -0.1) is 0 Å². The van der Waals surface area contributed by atoms with E-state index in [2.05, 4.69) is 20.7 Å². The van der Waals surface area contributed by atoms with Crippen LogP contribution < -0.4 is 10.6 Å². The lowest BCUT2D eigenvalue weighted by Crippen LogP contribution is -2.42. The van der Waals surface area contributed by atoms with Crippen LogP contribution >= 0.6 is 0 Å². The van der Waals surface area contributed by atoms with Crippen molar-refractivity contribution in [1.29, 1.82) is 0 Å². The standard InChI is InChI=1S/C23H28N6O3/c1-31-13-12-28-14-18(21-10-11-24-32-21)20(15-28)25-23(30)26-22-17-8-5-9-19(17)27-29(22)16-6-3-2-4-7-16/h2-4,6-7,10-11,18,20H,5,8-9,12-15H2,1H3,(H2,25,26,30). The van der Waals surface area contributed by atoms with Crippen molar-refractivity contribution in [2.75, 3.05) is 38.7 Å². The lowest BCUT2D eigenvalue weighted by molar-refractivity contribution is 0.159. The van der Waals surface area contributed by atoms with E-state index in [9.17, 15) is 4.79 Å². The molecule has 3 heterocycles. The molecule has 5 rings (SSSR count). The fraction of sp³-hybridized carbons (Fsp3) is 0.435. The van der Waals surface area contributed by atoms with Crippen molar-refractivity contribution in [2.45, 2.75) is 31.2 Å². The largest absolute Gasteiger partial charge is 0.383 e. The number of rotatable bonds is 7. The molecule has 9 nitrogen and oxygen atoms in total. The SMILES string of the molecule is COCCN1CC(NC(=O)Nc2c3c(nn2-c2ccccc2)CCC3)C(c2ccno2)C1. The third-order valence-electron chi connectivity index (χ3n) is 6.29. The van der Waals surface area contributed by atoms with Crippen LogP contribution in [0.3, 0.4) is 0 Å².